The van der Waals surface area contributed by atoms with Crippen LogP contribution in [-0.4, -0.2) is 62.7 Å². The second-order valence-electron chi connectivity index (χ2n) is 11.7. The van der Waals surface area contributed by atoms with Crippen LogP contribution in [0.3, 0.4) is 0 Å². The van der Waals surface area contributed by atoms with Crippen molar-refractivity contribution in [1.29, 1.82) is 0 Å². The van der Waals surface area contributed by atoms with Gasteiger partial charge in [-0.15, -0.1) is 0 Å². The molecule has 2 saturated carbocycles. The summed E-state index contributed by atoms with van der Waals surface area (Å²) in [5, 5.41) is 2.54. The molecule has 0 radical (unpaired) electrons. The van der Waals surface area contributed by atoms with Gasteiger partial charge in [-0.1, -0.05) is 84.2 Å². The number of ether oxygens (including phenoxy) is 2. The van der Waals surface area contributed by atoms with Gasteiger partial charge in [0.25, 0.3) is 0 Å². The number of nitrogens with zero attached hydrogens (tertiary/aromatic N) is 2. The monoisotopic (exact) mass is 598 g/mol. The highest BCUT2D eigenvalue weighted by molar-refractivity contribution is 6.42. The van der Waals surface area contributed by atoms with Crippen LogP contribution in [0.25, 0.3) is 0 Å². The second kappa shape index (κ2) is 12.1. The van der Waals surface area contributed by atoms with Crippen LogP contribution >= 0.6 is 46.4 Å². The van der Waals surface area contributed by atoms with Crippen LogP contribution < -0.4 is 0 Å². The third kappa shape index (κ3) is 5.76. The van der Waals surface area contributed by atoms with E-state index in [-0.39, 0.29) is 10.8 Å². The Morgan fingerprint density at radius 3 is 1.45 bits per heavy atom. The highest BCUT2D eigenvalue weighted by Crippen LogP contribution is 2.46. The van der Waals surface area contributed by atoms with Crippen molar-refractivity contribution >= 4 is 46.4 Å². The lowest BCUT2D eigenvalue weighted by Crippen LogP contribution is -2.56. The van der Waals surface area contributed by atoms with Crippen molar-refractivity contribution in [2.24, 2.45) is 0 Å². The first-order valence-corrected chi connectivity index (χ1v) is 15.3. The molecule has 4 atom stereocenters. The van der Waals surface area contributed by atoms with E-state index >= 15 is 0 Å². The number of benzene rings is 2. The molecule has 0 spiro atoms. The number of likely N-dealkylation sites (N-methyl/N-ethyl adjacent to an activating group) is 2. The van der Waals surface area contributed by atoms with Crippen molar-refractivity contribution in [1.82, 2.24) is 9.80 Å². The zero-order valence-electron chi connectivity index (χ0n) is 22.3. The molecule has 0 bridgehead atoms. The number of hydrogen-bond donors (Lipinski definition) is 0. The standard InChI is InChI=1S/2C15H19Cl2NO/c2*1-18-9-15(7-3-2-4-14(15)19-10-18)11-5-6-12(16)13(17)8-11/h2*5-6,8,14H,2-4,7,9-10H2,1H3/t2*14-,15-/m10/s1. The van der Waals surface area contributed by atoms with Crippen molar-refractivity contribution in [3.05, 3.63) is 67.6 Å². The van der Waals surface area contributed by atoms with E-state index in [1.165, 1.54) is 49.7 Å². The van der Waals surface area contributed by atoms with Gasteiger partial charge in [-0.2, -0.15) is 0 Å². The van der Waals surface area contributed by atoms with E-state index in [0.29, 0.717) is 32.3 Å². The predicted molar refractivity (Wildman–Crippen MR) is 158 cm³/mol. The maximum atomic E-state index is 6.21. The molecule has 2 aromatic rings. The van der Waals surface area contributed by atoms with Crippen LogP contribution in [-0.2, 0) is 20.3 Å². The summed E-state index contributed by atoms with van der Waals surface area (Å²) in [5.74, 6) is 0. The summed E-state index contributed by atoms with van der Waals surface area (Å²) >= 11 is 24.5. The molecule has 4 nitrogen and oxygen atoms in total. The minimum absolute atomic E-state index is 0.0828. The highest BCUT2D eigenvalue weighted by atomic mass is 35.5. The Morgan fingerprint density at radius 1 is 0.632 bits per heavy atom. The first kappa shape index (κ1) is 29.0. The quantitative estimate of drug-likeness (QED) is 0.347. The molecule has 38 heavy (non-hydrogen) atoms. The summed E-state index contributed by atoms with van der Waals surface area (Å²) in [6.07, 6.45) is 10.3. The third-order valence-electron chi connectivity index (χ3n) is 9.00. The Morgan fingerprint density at radius 2 is 1.05 bits per heavy atom. The lowest BCUT2D eigenvalue weighted by molar-refractivity contribution is -0.125. The van der Waals surface area contributed by atoms with Gasteiger partial charge in [0.1, 0.15) is 0 Å². The summed E-state index contributed by atoms with van der Waals surface area (Å²) < 4.78 is 12.1. The van der Waals surface area contributed by atoms with E-state index in [2.05, 4.69) is 36.0 Å². The van der Waals surface area contributed by atoms with Crippen LogP contribution in [0.15, 0.2) is 36.4 Å². The SMILES string of the molecule is CN1CO[C@@H]2CCCC[C@]2(c2ccc(Cl)c(Cl)c2)C1.CN1CO[C@H]2CCCC[C@@]2(c2ccc(Cl)c(Cl)c2)C1. The lowest BCUT2D eigenvalue weighted by atomic mass is 9.66. The number of rotatable bonds is 2. The predicted octanol–water partition coefficient (Wildman–Crippen LogP) is 8.19. The van der Waals surface area contributed by atoms with E-state index in [1.54, 1.807) is 0 Å². The minimum Gasteiger partial charge on any atom is -0.362 e. The van der Waals surface area contributed by atoms with Crippen LogP contribution in [0.2, 0.25) is 20.1 Å². The molecule has 0 unspecified atom stereocenters. The normalized spacial score (nSPS) is 32.1. The lowest BCUT2D eigenvalue weighted by Gasteiger charge is -2.50. The van der Waals surface area contributed by atoms with Crippen LogP contribution in [0.1, 0.15) is 62.5 Å². The fourth-order valence-corrected chi connectivity index (χ4v) is 7.80. The van der Waals surface area contributed by atoms with E-state index < -0.39 is 0 Å². The zero-order valence-corrected chi connectivity index (χ0v) is 25.4. The highest BCUT2D eigenvalue weighted by Gasteiger charge is 2.47. The summed E-state index contributed by atoms with van der Waals surface area (Å²) in [6, 6.07) is 12.1. The number of hydrogen-bond acceptors (Lipinski definition) is 4. The van der Waals surface area contributed by atoms with Gasteiger partial charge < -0.3 is 9.47 Å². The topological polar surface area (TPSA) is 24.9 Å². The number of fused-ring (bicyclic) bond motifs is 2. The summed E-state index contributed by atoms with van der Waals surface area (Å²) in [5.41, 5.74) is 2.72. The van der Waals surface area contributed by atoms with Gasteiger partial charge in [0.2, 0.25) is 0 Å². The van der Waals surface area contributed by atoms with E-state index in [9.17, 15) is 0 Å². The van der Waals surface area contributed by atoms with Gasteiger partial charge in [0.05, 0.1) is 45.8 Å². The molecule has 2 heterocycles. The van der Waals surface area contributed by atoms with Crippen LogP contribution in [0, 0.1) is 0 Å². The maximum absolute atomic E-state index is 6.21. The Hall–Kier alpha value is -0.560. The van der Waals surface area contributed by atoms with Gasteiger partial charge in [-0.3, -0.25) is 9.80 Å². The Bertz CT molecular complexity index is 1050. The van der Waals surface area contributed by atoms with Gasteiger partial charge in [0.15, 0.2) is 0 Å². The number of halogens is 4. The largest absolute Gasteiger partial charge is 0.362 e. The first-order valence-electron chi connectivity index (χ1n) is 13.7. The summed E-state index contributed by atoms with van der Waals surface area (Å²) in [7, 11) is 4.23. The second-order valence-corrected chi connectivity index (χ2v) is 13.3. The molecular formula is C30H38Cl4N2O2. The smallest absolute Gasteiger partial charge is 0.0992 e. The Balaban J connectivity index is 0.000000155. The van der Waals surface area contributed by atoms with Crippen molar-refractivity contribution in [2.45, 2.75) is 74.4 Å². The molecule has 2 aliphatic heterocycles. The molecule has 0 amide bonds. The Labute approximate surface area is 247 Å². The van der Waals surface area contributed by atoms with Crippen molar-refractivity contribution in [2.75, 3.05) is 40.6 Å². The molecule has 4 aliphatic rings. The van der Waals surface area contributed by atoms with Crippen molar-refractivity contribution in [3.8, 4) is 0 Å². The molecule has 2 saturated heterocycles. The minimum atomic E-state index is 0.0828. The van der Waals surface area contributed by atoms with Gasteiger partial charge >= 0.3 is 0 Å². The molecule has 0 N–H and O–H groups in total. The summed E-state index contributed by atoms with van der Waals surface area (Å²) in [6.45, 7) is 3.53. The van der Waals surface area contributed by atoms with Gasteiger partial charge in [0, 0.05) is 23.9 Å². The molecule has 2 aromatic carbocycles. The fourth-order valence-electron chi connectivity index (χ4n) is 7.21. The third-order valence-corrected chi connectivity index (χ3v) is 10.5. The molecule has 208 valence electrons. The zero-order chi connectivity index (χ0) is 26.9. The van der Waals surface area contributed by atoms with Crippen LogP contribution in [0.5, 0.6) is 0 Å². The van der Waals surface area contributed by atoms with Crippen LogP contribution in [0.4, 0.5) is 0 Å². The molecule has 4 fully saturated rings. The first-order chi connectivity index (χ1) is 18.2. The van der Waals surface area contributed by atoms with E-state index in [0.717, 1.165) is 39.4 Å². The molecule has 2 aliphatic carbocycles. The van der Waals surface area contributed by atoms with Crippen molar-refractivity contribution < 1.29 is 9.47 Å². The van der Waals surface area contributed by atoms with Gasteiger partial charge in [-0.05, 0) is 75.2 Å². The molecule has 6 rings (SSSR count). The van der Waals surface area contributed by atoms with Gasteiger partial charge in [-0.25, -0.2) is 0 Å². The Kier molecular flexibility index (Phi) is 9.24. The molecule has 8 heteroatoms. The van der Waals surface area contributed by atoms with E-state index in [1.807, 2.05) is 24.3 Å². The molecule has 0 aromatic heterocycles. The van der Waals surface area contributed by atoms with Crippen molar-refractivity contribution in [3.63, 3.8) is 0 Å². The average Bonchev–Trinajstić information content (AvgIpc) is 2.91. The fraction of sp³-hybridized carbons (Fsp3) is 0.600. The maximum Gasteiger partial charge on any atom is 0.0992 e. The summed E-state index contributed by atoms with van der Waals surface area (Å²) in [4.78, 5) is 4.51. The van der Waals surface area contributed by atoms with E-state index in [4.69, 9.17) is 55.9 Å². The average molecular weight is 600 g/mol. The molecular weight excluding hydrogens is 562 g/mol.